The minimum absolute atomic E-state index is 0. The Kier molecular flexibility index (Phi) is 8.65. The summed E-state index contributed by atoms with van der Waals surface area (Å²) in [6.45, 7) is 0. The van der Waals surface area contributed by atoms with Crippen LogP contribution in [0.5, 0.6) is 0 Å². The Morgan fingerprint density at radius 3 is 1.20 bits per heavy atom. The van der Waals surface area contributed by atoms with Gasteiger partial charge in [-0.3, -0.25) is 0 Å². The van der Waals surface area contributed by atoms with E-state index in [4.69, 9.17) is 0 Å². The molecule has 0 bridgehead atoms. The molecule has 3 heteroatoms. The molecule has 0 aromatic heterocycles. The van der Waals surface area contributed by atoms with Gasteiger partial charge in [-0.05, 0) is 0 Å². The third kappa shape index (κ3) is 5.27. The van der Waals surface area contributed by atoms with E-state index >= 15 is 0 Å². The SMILES string of the molecule is Br.Br.c1cc[c]([Pb][c]2ccccc2)cc1. The van der Waals surface area contributed by atoms with Crippen molar-refractivity contribution in [3.63, 3.8) is 0 Å². The van der Waals surface area contributed by atoms with Crippen LogP contribution in [0, 0.1) is 0 Å². The van der Waals surface area contributed by atoms with Crippen molar-refractivity contribution in [2.75, 3.05) is 0 Å². The van der Waals surface area contributed by atoms with Gasteiger partial charge >= 0.3 is 91.1 Å². The maximum atomic E-state index is 2.25. The van der Waals surface area contributed by atoms with Crippen LogP contribution in [0.15, 0.2) is 60.7 Å². The standard InChI is InChI=1S/2C6H5.2BrH.Pb/c2*1-2-4-6-5-3-1;;;/h2*1-5H;2*1H;. The summed E-state index contributed by atoms with van der Waals surface area (Å²) < 4.78 is 3.13. The molecule has 78 valence electrons. The van der Waals surface area contributed by atoms with E-state index in [1.54, 1.807) is 6.25 Å². The van der Waals surface area contributed by atoms with E-state index in [9.17, 15) is 0 Å². The Labute approximate surface area is 124 Å². The fourth-order valence-electron chi connectivity index (χ4n) is 1.21. The van der Waals surface area contributed by atoms with Crippen LogP contribution in [0.2, 0.25) is 0 Å². The van der Waals surface area contributed by atoms with Crippen molar-refractivity contribution in [2.45, 2.75) is 0 Å². The van der Waals surface area contributed by atoms with Crippen LogP contribution in [-0.2, 0) is 0 Å². The summed E-state index contributed by atoms with van der Waals surface area (Å²) in [4.78, 5) is 0. The van der Waals surface area contributed by atoms with Crippen LogP contribution in [0.4, 0.5) is 0 Å². The van der Waals surface area contributed by atoms with Crippen molar-refractivity contribution in [1.29, 1.82) is 0 Å². The van der Waals surface area contributed by atoms with Gasteiger partial charge in [0.15, 0.2) is 0 Å². The van der Waals surface area contributed by atoms with Crippen LogP contribution < -0.4 is 6.25 Å². The van der Waals surface area contributed by atoms with Crippen LogP contribution in [-0.4, -0.2) is 24.2 Å². The number of benzene rings is 2. The third-order valence-corrected chi connectivity index (χ3v) is 6.67. The van der Waals surface area contributed by atoms with Crippen molar-refractivity contribution >= 4 is 64.4 Å². The number of hydrogen-bond donors (Lipinski definition) is 0. The predicted molar refractivity (Wildman–Crippen MR) is 78.6 cm³/mol. The van der Waals surface area contributed by atoms with Crippen molar-refractivity contribution in [3.8, 4) is 0 Å². The van der Waals surface area contributed by atoms with Crippen LogP contribution in [0.25, 0.3) is 0 Å². The molecule has 0 unspecified atom stereocenters. The molecule has 15 heavy (non-hydrogen) atoms. The van der Waals surface area contributed by atoms with E-state index in [-0.39, 0.29) is 34.0 Å². The summed E-state index contributed by atoms with van der Waals surface area (Å²) in [5.41, 5.74) is 0. The quantitative estimate of drug-likeness (QED) is 0.532. The maximum absolute atomic E-state index is 2.25. The number of hydrogen-bond acceptors (Lipinski definition) is 0. The zero-order valence-corrected chi connectivity index (χ0v) is 15.4. The molecule has 0 fully saturated rings. The molecule has 0 atom stereocenters. The van der Waals surface area contributed by atoms with Gasteiger partial charge in [-0.25, -0.2) is 0 Å². The normalized spacial score (nSPS) is 8.53. The molecule has 0 amide bonds. The van der Waals surface area contributed by atoms with Gasteiger partial charge in [-0.2, -0.15) is 0 Å². The molecule has 2 aromatic carbocycles. The molecule has 0 N–H and O–H groups in total. The summed E-state index contributed by atoms with van der Waals surface area (Å²) in [6.07, 6.45) is 0. The van der Waals surface area contributed by atoms with Crippen LogP contribution >= 0.6 is 34.0 Å². The third-order valence-electron chi connectivity index (χ3n) is 1.84. The molecule has 0 spiro atoms. The van der Waals surface area contributed by atoms with Gasteiger partial charge in [0.2, 0.25) is 0 Å². The first-order valence-electron chi connectivity index (χ1n) is 4.32. The van der Waals surface area contributed by atoms with Crippen LogP contribution in [0.1, 0.15) is 0 Å². The van der Waals surface area contributed by atoms with Gasteiger partial charge in [0.05, 0.1) is 0 Å². The van der Waals surface area contributed by atoms with E-state index in [2.05, 4.69) is 60.7 Å². The summed E-state index contributed by atoms with van der Waals surface area (Å²) >= 11 is -0.740. The Morgan fingerprint density at radius 2 is 0.867 bits per heavy atom. The zero-order chi connectivity index (χ0) is 8.93. The molecular weight excluding hydrogens is 511 g/mol. The molecule has 0 aliphatic carbocycles. The average molecular weight is 523 g/mol. The van der Waals surface area contributed by atoms with Gasteiger partial charge in [-0.15, -0.1) is 34.0 Å². The van der Waals surface area contributed by atoms with E-state index in [0.29, 0.717) is 0 Å². The molecule has 2 rings (SSSR count). The first-order chi connectivity index (χ1) is 6.45. The van der Waals surface area contributed by atoms with Gasteiger partial charge in [-0.1, -0.05) is 0 Å². The van der Waals surface area contributed by atoms with Crippen molar-refractivity contribution in [3.05, 3.63) is 60.7 Å². The second kappa shape index (κ2) is 8.47. The van der Waals surface area contributed by atoms with E-state index < -0.39 is 24.2 Å². The average Bonchev–Trinajstić information content (AvgIpc) is 2.21. The summed E-state index contributed by atoms with van der Waals surface area (Å²) in [6, 6.07) is 21.7. The monoisotopic (exact) mass is 522 g/mol. The van der Waals surface area contributed by atoms with E-state index in [1.165, 1.54) is 0 Å². The molecule has 0 saturated heterocycles. The van der Waals surface area contributed by atoms with E-state index in [1.807, 2.05) is 0 Å². The predicted octanol–water partition coefficient (Wildman–Crippen LogP) is 2.50. The topological polar surface area (TPSA) is 0 Å². The van der Waals surface area contributed by atoms with Gasteiger partial charge in [0.1, 0.15) is 0 Å². The van der Waals surface area contributed by atoms with Crippen LogP contribution in [0.3, 0.4) is 0 Å². The molecular formula is C12H12Br2Pb. The number of halogens is 2. The fourth-order valence-corrected chi connectivity index (χ4v) is 5.30. The Bertz CT molecular complexity index is 324. The number of rotatable bonds is 2. The first kappa shape index (κ1) is 15.3. The summed E-state index contributed by atoms with van der Waals surface area (Å²) in [7, 11) is 0. The van der Waals surface area contributed by atoms with Crippen molar-refractivity contribution in [2.24, 2.45) is 0 Å². The zero-order valence-electron chi connectivity index (χ0n) is 8.09. The van der Waals surface area contributed by atoms with Crippen molar-refractivity contribution in [1.82, 2.24) is 0 Å². The minimum atomic E-state index is -0.740. The Balaban J connectivity index is 0.000000980. The first-order valence-corrected chi connectivity index (χ1v) is 8.21. The molecule has 2 aromatic rings. The van der Waals surface area contributed by atoms with Gasteiger partial charge in [0, 0.05) is 0 Å². The van der Waals surface area contributed by atoms with Gasteiger partial charge in [0.25, 0.3) is 0 Å². The molecule has 2 radical (unpaired) electrons. The second-order valence-corrected chi connectivity index (χ2v) is 8.32. The molecule has 0 aliphatic heterocycles. The molecule has 0 nitrogen and oxygen atoms in total. The molecule has 0 saturated carbocycles. The Hall–Kier alpha value is 0.322. The van der Waals surface area contributed by atoms with E-state index in [0.717, 1.165) is 0 Å². The summed E-state index contributed by atoms with van der Waals surface area (Å²) in [5, 5.41) is 0. The fraction of sp³-hybridized carbons (Fsp3) is 0. The Morgan fingerprint density at radius 1 is 0.533 bits per heavy atom. The second-order valence-electron chi connectivity index (χ2n) is 2.86. The molecule has 0 heterocycles. The summed E-state index contributed by atoms with van der Waals surface area (Å²) in [5.74, 6) is 0. The molecule has 0 aliphatic rings. The van der Waals surface area contributed by atoms with Crippen molar-refractivity contribution < 1.29 is 0 Å². The van der Waals surface area contributed by atoms with Gasteiger partial charge < -0.3 is 0 Å².